The van der Waals surface area contributed by atoms with Crippen LogP contribution >= 0.6 is 0 Å². The van der Waals surface area contributed by atoms with Gasteiger partial charge in [-0.15, -0.1) is 0 Å². The average molecular weight is 256 g/mol. The van der Waals surface area contributed by atoms with Crippen LogP contribution in [0.4, 0.5) is 0 Å². The molecule has 0 aliphatic carbocycles. The van der Waals surface area contributed by atoms with Gasteiger partial charge in [-0.1, -0.05) is 13.8 Å². The maximum Gasteiger partial charge on any atom is 0.326 e. The van der Waals surface area contributed by atoms with Crippen LogP contribution in [0.2, 0.25) is 0 Å². The van der Waals surface area contributed by atoms with Crippen molar-refractivity contribution in [3.05, 3.63) is 0 Å². The van der Waals surface area contributed by atoms with Crippen molar-refractivity contribution >= 4 is 11.9 Å². The van der Waals surface area contributed by atoms with E-state index in [0.29, 0.717) is 18.8 Å². The fraction of sp³-hybridized carbons (Fsp3) is 0.846. The maximum absolute atomic E-state index is 11.8. The normalized spacial score (nSPS) is 18.6. The first kappa shape index (κ1) is 15.0. The molecule has 5 heteroatoms. The lowest BCUT2D eigenvalue weighted by atomic mass is 9.94. The number of carboxylic acids is 1. The third-order valence-corrected chi connectivity index (χ3v) is 3.27. The van der Waals surface area contributed by atoms with E-state index in [0.717, 1.165) is 25.9 Å². The van der Waals surface area contributed by atoms with Gasteiger partial charge in [0.15, 0.2) is 0 Å². The van der Waals surface area contributed by atoms with E-state index >= 15 is 0 Å². The summed E-state index contributed by atoms with van der Waals surface area (Å²) < 4.78 is 0. The summed E-state index contributed by atoms with van der Waals surface area (Å²) >= 11 is 0. The molecule has 1 aliphatic rings. The van der Waals surface area contributed by atoms with Gasteiger partial charge in [-0.25, -0.2) is 4.79 Å². The smallest absolute Gasteiger partial charge is 0.326 e. The molecule has 1 atom stereocenters. The largest absolute Gasteiger partial charge is 0.480 e. The van der Waals surface area contributed by atoms with Gasteiger partial charge in [-0.2, -0.15) is 0 Å². The van der Waals surface area contributed by atoms with Crippen LogP contribution in [0.5, 0.6) is 0 Å². The first-order valence-corrected chi connectivity index (χ1v) is 6.72. The number of hydrogen-bond acceptors (Lipinski definition) is 3. The number of carbonyl (C=O) groups is 2. The molecule has 1 rings (SSSR count). The second-order valence-corrected chi connectivity index (χ2v) is 5.49. The minimum atomic E-state index is -0.942. The number of hydrogen-bond donors (Lipinski definition) is 3. The summed E-state index contributed by atoms with van der Waals surface area (Å²) in [6.07, 6.45) is 2.92. The van der Waals surface area contributed by atoms with Gasteiger partial charge in [0.2, 0.25) is 5.91 Å². The van der Waals surface area contributed by atoms with Crippen molar-refractivity contribution in [3.63, 3.8) is 0 Å². The second kappa shape index (κ2) is 7.36. The highest BCUT2D eigenvalue weighted by molar-refractivity contribution is 5.83. The summed E-state index contributed by atoms with van der Waals surface area (Å²) in [6.45, 7) is 5.81. The molecule has 3 N–H and O–H groups in total. The quantitative estimate of drug-likeness (QED) is 0.662. The molecular formula is C13H24N2O3. The lowest BCUT2D eigenvalue weighted by molar-refractivity contribution is -0.142. The number of carbonyl (C=O) groups excluding carboxylic acids is 1. The molecule has 1 amide bonds. The number of amides is 1. The van der Waals surface area contributed by atoms with E-state index in [4.69, 9.17) is 5.11 Å². The number of rotatable bonds is 6. The summed E-state index contributed by atoms with van der Waals surface area (Å²) in [7, 11) is 0. The van der Waals surface area contributed by atoms with Gasteiger partial charge in [0.05, 0.1) is 0 Å². The molecule has 0 aromatic rings. The van der Waals surface area contributed by atoms with Gasteiger partial charge >= 0.3 is 5.97 Å². The molecule has 0 radical (unpaired) electrons. The topological polar surface area (TPSA) is 78.4 Å². The monoisotopic (exact) mass is 256 g/mol. The van der Waals surface area contributed by atoms with E-state index in [9.17, 15) is 9.59 Å². The van der Waals surface area contributed by atoms with Crippen molar-refractivity contribution in [2.75, 3.05) is 13.1 Å². The van der Waals surface area contributed by atoms with Gasteiger partial charge in [0.1, 0.15) is 6.04 Å². The summed E-state index contributed by atoms with van der Waals surface area (Å²) in [4.78, 5) is 22.9. The molecule has 1 heterocycles. The molecule has 0 spiro atoms. The van der Waals surface area contributed by atoms with Crippen molar-refractivity contribution in [1.82, 2.24) is 10.6 Å². The fourth-order valence-electron chi connectivity index (χ4n) is 2.29. The van der Waals surface area contributed by atoms with E-state index in [1.54, 1.807) is 0 Å². The van der Waals surface area contributed by atoms with Crippen LogP contribution in [0.1, 0.15) is 39.5 Å². The second-order valence-electron chi connectivity index (χ2n) is 5.49. The number of nitrogens with one attached hydrogen (secondary N) is 2. The molecule has 1 unspecified atom stereocenters. The van der Waals surface area contributed by atoms with E-state index in [1.807, 2.05) is 13.8 Å². The van der Waals surface area contributed by atoms with Crippen LogP contribution in [-0.4, -0.2) is 36.1 Å². The average Bonchev–Trinajstić information content (AvgIpc) is 2.28. The number of carboxylic acid groups (broad SMARTS) is 1. The summed E-state index contributed by atoms with van der Waals surface area (Å²) in [6, 6.07) is -0.751. The number of aliphatic carboxylic acids is 1. The van der Waals surface area contributed by atoms with Crippen LogP contribution in [0.25, 0.3) is 0 Å². The lowest BCUT2D eigenvalue weighted by Gasteiger charge is -2.23. The maximum atomic E-state index is 11.8. The van der Waals surface area contributed by atoms with Gasteiger partial charge in [0, 0.05) is 6.42 Å². The summed E-state index contributed by atoms with van der Waals surface area (Å²) in [5, 5.41) is 14.9. The first-order valence-electron chi connectivity index (χ1n) is 6.72. The van der Waals surface area contributed by atoms with Gasteiger partial charge in [-0.05, 0) is 44.2 Å². The SMILES string of the molecule is CC(C)CC(NC(=O)CC1CCNCC1)C(=O)O. The van der Waals surface area contributed by atoms with Crippen molar-refractivity contribution in [2.24, 2.45) is 11.8 Å². The molecule has 1 aliphatic heterocycles. The van der Waals surface area contributed by atoms with Crippen molar-refractivity contribution in [3.8, 4) is 0 Å². The van der Waals surface area contributed by atoms with Crippen molar-refractivity contribution < 1.29 is 14.7 Å². The Bertz CT molecular complexity index is 286. The van der Waals surface area contributed by atoms with Crippen LogP contribution < -0.4 is 10.6 Å². The molecule has 1 fully saturated rings. The van der Waals surface area contributed by atoms with Gasteiger partial charge < -0.3 is 15.7 Å². The van der Waals surface area contributed by atoms with E-state index < -0.39 is 12.0 Å². The zero-order chi connectivity index (χ0) is 13.5. The van der Waals surface area contributed by atoms with Gasteiger partial charge in [-0.3, -0.25) is 4.79 Å². The van der Waals surface area contributed by atoms with E-state index in [1.165, 1.54) is 0 Å². The summed E-state index contributed by atoms with van der Waals surface area (Å²) in [5.41, 5.74) is 0. The minimum absolute atomic E-state index is 0.130. The Hall–Kier alpha value is -1.10. The Morgan fingerprint density at radius 2 is 1.94 bits per heavy atom. The molecule has 0 bridgehead atoms. The Morgan fingerprint density at radius 3 is 2.44 bits per heavy atom. The van der Waals surface area contributed by atoms with E-state index in [-0.39, 0.29) is 11.8 Å². The highest BCUT2D eigenvalue weighted by atomic mass is 16.4. The van der Waals surface area contributed by atoms with Crippen molar-refractivity contribution in [2.45, 2.75) is 45.6 Å². The molecule has 18 heavy (non-hydrogen) atoms. The van der Waals surface area contributed by atoms with Crippen LogP contribution in [-0.2, 0) is 9.59 Å². The molecule has 0 aromatic carbocycles. The Balaban J connectivity index is 2.37. The molecular weight excluding hydrogens is 232 g/mol. The molecule has 5 nitrogen and oxygen atoms in total. The standard InChI is InChI=1S/C13H24N2O3/c1-9(2)7-11(13(17)18)15-12(16)8-10-3-5-14-6-4-10/h9-11,14H,3-8H2,1-2H3,(H,15,16)(H,17,18). The highest BCUT2D eigenvalue weighted by Crippen LogP contribution is 2.16. The third-order valence-electron chi connectivity index (χ3n) is 3.27. The van der Waals surface area contributed by atoms with Crippen LogP contribution in [0.15, 0.2) is 0 Å². The third kappa shape index (κ3) is 5.49. The lowest BCUT2D eigenvalue weighted by Crippen LogP contribution is -2.42. The first-order chi connectivity index (χ1) is 8.49. The Kier molecular flexibility index (Phi) is 6.12. The molecule has 0 aromatic heterocycles. The molecule has 1 saturated heterocycles. The van der Waals surface area contributed by atoms with Crippen LogP contribution in [0, 0.1) is 11.8 Å². The highest BCUT2D eigenvalue weighted by Gasteiger charge is 2.23. The minimum Gasteiger partial charge on any atom is -0.480 e. The molecule has 0 saturated carbocycles. The summed E-state index contributed by atoms with van der Waals surface area (Å²) in [5.74, 6) is -0.428. The zero-order valence-electron chi connectivity index (χ0n) is 11.2. The number of piperidine rings is 1. The predicted octanol–water partition coefficient (Wildman–Crippen LogP) is 0.992. The van der Waals surface area contributed by atoms with Crippen molar-refractivity contribution in [1.29, 1.82) is 0 Å². The van der Waals surface area contributed by atoms with Crippen LogP contribution in [0.3, 0.4) is 0 Å². The molecule has 104 valence electrons. The fourth-order valence-corrected chi connectivity index (χ4v) is 2.29. The van der Waals surface area contributed by atoms with Gasteiger partial charge in [0.25, 0.3) is 0 Å². The Morgan fingerprint density at radius 1 is 1.33 bits per heavy atom. The zero-order valence-corrected chi connectivity index (χ0v) is 11.2. The van der Waals surface area contributed by atoms with E-state index in [2.05, 4.69) is 10.6 Å². The Labute approximate surface area is 108 Å². The predicted molar refractivity (Wildman–Crippen MR) is 69.2 cm³/mol.